The van der Waals surface area contributed by atoms with E-state index in [0.29, 0.717) is 31.0 Å². The highest BCUT2D eigenvalue weighted by molar-refractivity contribution is 5.95. The second kappa shape index (κ2) is 8.00. The minimum Gasteiger partial charge on any atom is -0.497 e. The van der Waals surface area contributed by atoms with Crippen LogP contribution in [0.25, 0.3) is 11.3 Å². The molecule has 3 heterocycles. The number of benzene rings is 1. The van der Waals surface area contributed by atoms with Gasteiger partial charge in [0, 0.05) is 25.4 Å². The minimum atomic E-state index is -0.331. The summed E-state index contributed by atoms with van der Waals surface area (Å²) >= 11 is 0. The Bertz CT molecular complexity index is 1030. The smallest absolute Gasteiger partial charge is 0.257 e. The number of rotatable bonds is 4. The molecular formula is C21H23N5O3. The quantitative estimate of drug-likeness (QED) is 0.677. The SMILES string of the molecule is COc1cccc(-c2cncc([C@H]3CN(C(=O)c4cn(C)nc4C)CCO3)n2)c1. The number of carbonyl (C=O) groups is 1. The Morgan fingerprint density at radius 2 is 2.17 bits per heavy atom. The zero-order valence-corrected chi connectivity index (χ0v) is 16.7. The maximum absolute atomic E-state index is 12.9. The van der Waals surface area contributed by atoms with Crippen molar-refractivity contribution in [3.63, 3.8) is 0 Å². The number of aryl methyl sites for hydroxylation is 2. The van der Waals surface area contributed by atoms with Gasteiger partial charge in [0.25, 0.3) is 5.91 Å². The fourth-order valence-corrected chi connectivity index (χ4v) is 3.45. The fourth-order valence-electron chi connectivity index (χ4n) is 3.45. The molecule has 1 aliphatic rings. The average Bonchev–Trinajstić information content (AvgIpc) is 3.11. The van der Waals surface area contributed by atoms with Crippen molar-refractivity contribution in [2.24, 2.45) is 7.05 Å². The van der Waals surface area contributed by atoms with Gasteiger partial charge >= 0.3 is 0 Å². The lowest BCUT2D eigenvalue weighted by atomic mass is 10.1. The second-order valence-corrected chi connectivity index (χ2v) is 6.97. The number of carbonyl (C=O) groups excluding carboxylic acids is 1. The van der Waals surface area contributed by atoms with Crippen LogP contribution in [0.2, 0.25) is 0 Å². The Morgan fingerprint density at radius 3 is 2.93 bits per heavy atom. The van der Waals surface area contributed by atoms with Crippen molar-refractivity contribution < 1.29 is 14.3 Å². The van der Waals surface area contributed by atoms with Crippen LogP contribution in [0.15, 0.2) is 42.9 Å². The van der Waals surface area contributed by atoms with Crippen LogP contribution in [0.4, 0.5) is 0 Å². The predicted molar refractivity (Wildman–Crippen MR) is 107 cm³/mol. The molecule has 3 aromatic rings. The third kappa shape index (κ3) is 3.97. The average molecular weight is 393 g/mol. The molecule has 0 aliphatic carbocycles. The summed E-state index contributed by atoms with van der Waals surface area (Å²) in [4.78, 5) is 23.8. The number of amides is 1. The Balaban J connectivity index is 1.55. The van der Waals surface area contributed by atoms with Crippen molar-refractivity contribution in [2.75, 3.05) is 26.8 Å². The topological polar surface area (TPSA) is 82.4 Å². The Kier molecular flexibility index (Phi) is 5.26. The van der Waals surface area contributed by atoms with Crippen LogP contribution >= 0.6 is 0 Å². The van der Waals surface area contributed by atoms with Crippen molar-refractivity contribution in [3.05, 3.63) is 59.8 Å². The highest BCUT2D eigenvalue weighted by Gasteiger charge is 2.29. The van der Waals surface area contributed by atoms with E-state index in [-0.39, 0.29) is 12.0 Å². The van der Waals surface area contributed by atoms with Gasteiger partial charge in [-0.25, -0.2) is 4.98 Å². The van der Waals surface area contributed by atoms with Gasteiger partial charge in [-0.1, -0.05) is 12.1 Å². The second-order valence-electron chi connectivity index (χ2n) is 6.97. The van der Waals surface area contributed by atoms with Crippen LogP contribution in [0.5, 0.6) is 5.75 Å². The number of hydrogen-bond acceptors (Lipinski definition) is 6. The van der Waals surface area contributed by atoms with E-state index >= 15 is 0 Å². The zero-order valence-electron chi connectivity index (χ0n) is 16.7. The van der Waals surface area contributed by atoms with Crippen molar-refractivity contribution in [3.8, 4) is 17.0 Å². The molecule has 1 aromatic carbocycles. The van der Waals surface area contributed by atoms with Crippen LogP contribution in [-0.4, -0.2) is 57.4 Å². The van der Waals surface area contributed by atoms with E-state index in [1.165, 1.54) is 0 Å². The van der Waals surface area contributed by atoms with Gasteiger partial charge in [-0.15, -0.1) is 0 Å². The molecule has 0 bridgehead atoms. The van der Waals surface area contributed by atoms with Gasteiger partial charge in [0.2, 0.25) is 0 Å². The molecule has 1 fully saturated rings. The number of aromatic nitrogens is 4. The van der Waals surface area contributed by atoms with Crippen LogP contribution in [0.1, 0.15) is 27.8 Å². The van der Waals surface area contributed by atoms with Crippen LogP contribution < -0.4 is 4.74 Å². The molecule has 29 heavy (non-hydrogen) atoms. The van der Waals surface area contributed by atoms with Crippen LogP contribution in [0, 0.1) is 6.92 Å². The first kappa shape index (κ1) is 19.1. The Labute approximate surface area is 169 Å². The Hall–Kier alpha value is -3.26. The van der Waals surface area contributed by atoms with Gasteiger partial charge in [0.15, 0.2) is 0 Å². The molecule has 0 unspecified atom stereocenters. The molecule has 4 rings (SSSR count). The van der Waals surface area contributed by atoms with Gasteiger partial charge in [0.05, 0.1) is 55.3 Å². The summed E-state index contributed by atoms with van der Waals surface area (Å²) in [7, 11) is 3.44. The number of nitrogens with zero attached hydrogens (tertiary/aromatic N) is 5. The molecule has 0 spiro atoms. The molecule has 1 atom stereocenters. The molecule has 8 heteroatoms. The fraction of sp³-hybridized carbons (Fsp3) is 0.333. The van der Waals surface area contributed by atoms with Crippen LogP contribution in [-0.2, 0) is 11.8 Å². The van der Waals surface area contributed by atoms with Gasteiger partial charge in [-0.3, -0.25) is 14.5 Å². The van der Waals surface area contributed by atoms with Crippen molar-refractivity contribution in [1.82, 2.24) is 24.6 Å². The summed E-state index contributed by atoms with van der Waals surface area (Å²) in [5.74, 6) is 0.716. The van der Waals surface area contributed by atoms with Gasteiger partial charge in [-0.05, 0) is 19.1 Å². The summed E-state index contributed by atoms with van der Waals surface area (Å²) in [6, 6.07) is 7.67. The molecule has 2 aromatic heterocycles. The summed E-state index contributed by atoms with van der Waals surface area (Å²) in [6.07, 6.45) is 4.83. The highest BCUT2D eigenvalue weighted by atomic mass is 16.5. The monoisotopic (exact) mass is 393 g/mol. The van der Waals surface area contributed by atoms with E-state index in [4.69, 9.17) is 14.5 Å². The van der Waals surface area contributed by atoms with E-state index in [1.807, 2.05) is 38.2 Å². The maximum atomic E-state index is 12.9. The third-order valence-electron chi connectivity index (χ3n) is 4.95. The molecular weight excluding hydrogens is 370 g/mol. The van der Waals surface area contributed by atoms with Crippen molar-refractivity contribution >= 4 is 5.91 Å². The lowest BCUT2D eigenvalue weighted by molar-refractivity contribution is -0.0248. The first-order valence-corrected chi connectivity index (χ1v) is 9.42. The summed E-state index contributed by atoms with van der Waals surface area (Å²) in [5.41, 5.74) is 3.68. The van der Waals surface area contributed by atoms with Gasteiger partial charge in [-0.2, -0.15) is 5.10 Å². The van der Waals surface area contributed by atoms with Gasteiger partial charge < -0.3 is 14.4 Å². The molecule has 0 radical (unpaired) electrons. The van der Waals surface area contributed by atoms with E-state index < -0.39 is 0 Å². The maximum Gasteiger partial charge on any atom is 0.257 e. The lowest BCUT2D eigenvalue weighted by Crippen LogP contribution is -2.42. The molecule has 1 aliphatic heterocycles. The standard InChI is InChI=1S/C21H23N5O3/c1-14-17(12-25(2)24-14)21(27)26-7-8-29-20(13-26)19-11-22-10-18(23-19)15-5-4-6-16(9-15)28-3/h4-6,9-12,20H,7-8,13H2,1-3H3/t20-/m1/s1. The predicted octanol–water partition coefficient (Wildman–Crippen LogP) is 2.41. The highest BCUT2D eigenvalue weighted by Crippen LogP contribution is 2.26. The molecule has 1 amide bonds. The number of methoxy groups -OCH3 is 1. The third-order valence-corrected chi connectivity index (χ3v) is 4.95. The molecule has 150 valence electrons. The summed E-state index contributed by atoms with van der Waals surface area (Å²) in [6.45, 7) is 3.24. The normalized spacial score (nSPS) is 16.7. The molecule has 0 saturated carbocycles. The van der Waals surface area contributed by atoms with Crippen molar-refractivity contribution in [1.29, 1.82) is 0 Å². The first-order valence-electron chi connectivity index (χ1n) is 9.42. The first-order chi connectivity index (χ1) is 14.0. The zero-order chi connectivity index (χ0) is 20.4. The van der Waals surface area contributed by atoms with E-state index in [9.17, 15) is 4.79 Å². The summed E-state index contributed by atoms with van der Waals surface area (Å²) < 4.78 is 12.9. The lowest BCUT2D eigenvalue weighted by Gasteiger charge is -2.32. The van der Waals surface area contributed by atoms with E-state index in [1.54, 1.807) is 35.3 Å². The minimum absolute atomic E-state index is 0.0409. The molecule has 1 saturated heterocycles. The van der Waals surface area contributed by atoms with E-state index in [2.05, 4.69) is 10.1 Å². The van der Waals surface area contributed by atoms with Gasteiger partial charge in [0.1, 0.15) is 11.9 Å². The number of morpholine rings is 1. The largest absolute Gasteiger partial charge is 0.497 e. The summed E-state index contributed by atoms with van der Waals surface area (Å²) in [5, 5.41) is 4.27. The van der Waals surface area contributed by atoms with Crippen LogP contribution in [0.3, 0.4) is 0 Å². The molecule has 8 nitrogen and oxygen atoms in total. The number of ether oxygens (including phenoxy) is 2. The number of hydrogen-bond donors (Lipinski definition) is 0. The van der Waals surface area contributed by atoms with Crippen molar-refractivity contribution in [2.45, 2.75) is 13.0 Å². The molecule has 0 N–H and O–H groups in total. The Morgan fingerprint density at radius 1 is 1.31 bits per heavy atom. The van der Waals surface area contributed by atoms with E-state index in [0.717, 1.165) is 22.7 Å².